The lowest BCUT2D eigenvalue weighted by Gasteiger charge is -2.14. The van der Waals surface area contributed by atoms with Gasteiger partial charge in [0.15, 0.2) is 22.1 Å². The van der Waals surface area contributed by atoms with Crippen LogP contribution in [0.15, 0.2) is 0 Å². The van der Waals surface area contributed by atoms with Crippen molar-refractivity contribution in [1.29, 1.82) is 0 Å². The maximum absolute atomic E-state index is 11.6. The molecule has 0 aromatic rings. The summed E-state index contributed by atoms with van der Waals surface area (Å²) in [6.07, 6.45) is 0. The standard InChI is InChI=1S/C14H22O6S2/c1-5-19-13(17)11(9(3)15)21-7-8-22-12(10(4)16)14(18)20-6-2/h11-12H,5-8H2,1-4H3. The largest absolute Gasteiger partial charge is 0.465 e. The number of hydrogen-bond donors (Lipinski definition) is 0. The Hall–Kier alpha value is -1.02. The molecule has 0 saturated heterocycles. The maximum atomic E-state index is 11.6. The van der Waals surface area contributed by atoms with Crippen molar-refractivity contribution in [3.63, 3.8) is 0 Å². The molecule has 0 bridgehead atoms. The van der Waals surface area contributed by atoms with E-state index in [1.807, 2.05) is 0 Å². The monoisotopic (exact) mass is 350 g/mol. The SMILES string of the molecule is CCOC(=O)C(SCCSC(C(C)=O)C(=O)OCC)C(C)=O. The molecule has 0 rings (SSSR count). The first kappa shape index (κ1) is 21.0. The van der Waals surface area contributed by atoms with Gasteiger partial charge < -0.3 is 9.47 Å². The van der Waals surface area contributed by atoms with Crippen LogP contribution in [0.2, 0.25) is 0 Å². The summed E-state index contributed by atoms with van der Waals surface area (Å²) in [5, 5.41) is -1.72. The molecule has 0 aromatic heterocycles. The van der Waals surface area contributed by atoms with Crippen molar-refractivity contribution in [1.82, 2.24) is 0 Å². The Kier molecular flexibility index (Phi) is 11.0. The average Bonchev–Trinajstić information content (AvgIpc) is 2.42. The van der Waals surface area contributed by atoms with Crippen LogP contribution in [0, 0.1) is 0 Å². The average molecular weight is 350 g/mol. The summed E-state index contributed by atoms with van der Waals surface area (Å²) < 4.78 is 9.67. The van der Waals surface area contributed by atoms with Crippen molar-refractivity contribution in [3.05, 3.63) is 0 Å². The number of rotatable bonds is 11. The molecule has 0 saturated carbocycles. The lowest BCUT2D eigenvalue weighted by Crippen LogP contribution is -2.29. The number of ketones is 2. The van der Waals surface area contributed by atoms with Gasteiger partial charge in [-0.2, -0.15) is 0 Å². The van der Waals surface area contributed by atoms with Crippen LogP contribution in [-0.4, -0.2) is 58.7 Å². The Morgan fingerprint density at radius 1 is 0.773 bits per heavy atom. The molecule has 0 N–H and O–H groups in total. The quantitative estimate of drug-likeness (QED) is 0.315. The number of carbonyl (C=O) groups excluding carboxylic acids is 4. The third kappa shape index (κ3) is 7.84. The predicted octanol–water partition coefficient (Wildman–Crippen LogP) is 1.49. The zero-order valence-electron chi connectivity index (χ0n) is 13.2. The predicted molar refractivity (Wildman–Crippen MR) is 87.1 cm³/mol. The van der Waals surface area contributed by atoms with Crippen molar-refractivity contribution in [2.24, 2.45) is 0 Å². The fourth-order valence-electron chi connectivity index (χ4n) is 1.47. The van der Waals surface area contributed by atoms with Gasteiger partial charge in [0.2, 0.25) is 0 Å². The topological polar surface area (TPSA) is 86.7 Å². The van der Waals surface area contributed by atoms with Crippen LogP contribution in [0.3, 0.4) is 0 Å². The Bertz CT molecular complexity index is 372. The van der Waals surface area contributed by atoms with E-state index in [0.717, 1.165) is 23.5 Å². The molecule has 8 heteroatoms. The van der Waals surface area contributed by atoms with E-state index in [2.05, 4.69) is 0 Å². The van der Waals surface area contributed by atoms with Gasteiger partial charge in [0.1, 0.15) is 0 Å². The van der Waals surface area contributed by atoms with Crippen LogP contribution in [0.4, 0.5) is 0 Å². The zero-order valence-corrected chi connectivity index (χ0v) is 14.9. The van der Waals surface area contributed by atoms with Crippen LogP contribution in [0.5, 0.6) is 0 Å². The van der Waals surface area contributed by atoms with Gasteiger partial charge in [-0.1, -0.05) is 0 Å². The molecule has 22 heavy (non-hydrogen) atoms. The van der Waals surface area contributed by atoms with Crippen LogP contribution >= 0.6 is 23.5 Å². The third-order valence-electron chi connectivity index (χ3n) is 2.39. The van der Waals surface area contributed by atoms with Gasteiger partial charge in [0.25, 0.3) is 0 Å². The van der Waals surface area contributed by atoms with Crippen molar-refractivity contribution in [3.8, 4) is 0 Å². The first-order chi connectivity index (χ1) is 10.3. The van der Waals surface area contributed by atoms with Crippen molar-refractivity contribution in [2.75, 3.05) is 24.7 Å². The Morgan fingerprint density at radius 2 is 1.09 bits per heavy atom. The summed E-state index contributed by atoms with van der Waals surface area (Å²) in [4.78, 5) is 46.1. The summed E-state index contributed by atoms with van der Waals surface area (Å²) in [6, 6.07) is 0. The normalized spacial score (nSPS) is 13.1. The number of ether oxygens (including phenoxy) is 2. The van der Waals surface area contributed by atoms with Crippen LogP contribution < -0.4 is 0 Å². The van der Waals surface area contributed by atoms with Gasteiger partial charge in [0.05, 0.1) is 13.2 Å². The van der Waals surface area contributed by atoms with Gasteiger partial charge in [-0.25, -0.2) is 0 Å². The molecular weight excluding hydrogens is 328 g/mol. The van der Waals surface area contributed by atoms with E-state index in [1.54, 1.807) is 13.8 Å². The first-order valence-corrected chi connectivity index (χ1v) is 9.02. The van der Waals surface area contributed by atoms with Gasteiger partial charge in [-0.3, -0.25) is 19.2 Å². The van der Waals surface area contributed by atoms with E-state index in [0.29, 0.717) is 11.5 Å². The van der Waals surface area contributed by atoms with Gasteiger partial charge in [-0.05, 0) is 27.7 Å². The smallest absolute Gasteiger partial charge is 0.326 e. The van der Waals surface area contributed by atoms with Crippen LogP contribution in [0.25, 0.3) is 0 Å². The molecule has 0 aliphatic heterocycles. The summed E-state index contributed by atoms with van der Waals surface area (Å²) in [5.41, 5.74) is 0. The molecule has 2 unspecified atom stereocenters. The van der Waals surface area contributed by atoms with Gasteiger partial charge >= 0.3 is 11.9 Å². The maximum Gasteiger partial charge on any atom is 0.326 e. The Balaban J connectivity index is 4.36. The summed E-state index contributed by atoms with van der Waals surface area (Å²) >= 11 is 2.30. The third-order valence-corrected chi connectivity index (χ3v) is 5.25. The number of carbonyl (C=O) groups is 4. The lowest BCUT2D eigenvalue weighted by molar-refractivity contribution is -0.145. The van der Waals surface area contributed by atoms with E-state index >= 15 is 0 Å². The molecule has 6 nitrogen and oxygen atoms in total. The molecule has 0 fully saturated rings. The second-order valence-electron chi connectivity index (χ2n) is 4.23. The molecule has 2 atom stereocenters. The highest BCUT2D eigenvalue weighted by molar-refractivity contribution is 8.04. The van der Waals surface area contributed by atoms with E-state index in [9.17, 15) is 19.2 Å². The lowest BCUT2D eigenvalue weighted by atomic mass is 10.3. The van der Waals surface area contributed by atoms with E-state index < -0.39 is 22.4 Å². The Morgan fingerprint density at radius 3 is 1.32 bits per heavy atom. The minimum Gasteiger partial charge on any atom is -0.465 e. The fraction of sp³-hybridized carbons (Fsp3) is 0.714. The van der Waals surface area contributed by atoms with Crippen LogP contribution in [-0.2, 0) is 28.7 Å². The van der Waals surface area contributed by atoms with Crippen molar-refractivity contribution < 1.29 is 28.7 Å². The Labute approximate surface area is 139 Å². The summed E-state index contributed by atoms with van der Waals surface area (Å²) in [6.45, 7) is 6.44. The molecule has 0 heterocycles. The second-order valence-corrected chi connectivity index (χ2v) is 6.65. The molecule has 0 amide bonds. The highest BCUT2D eigenvalue weighted by Crippen LogP contribution is 2.20. The van der Waals surface area contributed by atoms with Crippen molar-refractivity contribution >= 4 is 47.0 Å². The van der Waals surface area contributed by atoms with Gasteiger partial charge in [0, 0.05) is 11.5 Å². The molecule has 0 aliphatic rings. The fourth-order valence-corrected chi connectivity index (χ4v) is 3.59. The molecule has 0 aromatic carbocycles. The number of thioether (sulfide) groups is 2. The first-order valence-electron chi connectivity index (χ1n) is 6.92. The van der Waals surface area contributed by atoms with E-state index in [1.165, 1.54) is 13.8 Å². The van der Waals surface area contributed by atoms with Crippen LogP contribution in [0.1, 0.15) is 27.7 Å². The second kappa shape index (κ2) is 11.5. The minimum atomic E-state index is -0.862. The molecular formula is C14H22O6S2. The minimum absolute atomic E-state index is 0.215. The molecule has 126 valence electrons. The number of hydrogen-bond acceptors (Lipinski definition) is 8. The number of esters is 2. The van der Waals surface area contributed by atoms with E-state index in [-0.39, 0.29) is 24.8 Å². The highest BCUT2D eigenvalue weighted by atomic mass is 32.2. The van der Waals surface area contributed by atoms with E-state index in [4.69, 9.17) is 9.47 Å². The highest BCUT2D eigenvalue weighted by Gasteiger charge is 2.27. The molecule has 0 aliphatic carbocycles. The zero-order chi connectivity index (χ0) is 17.1. The summed E-state index contributed by atoms with van der Waals surface area (Å²) in [5.74, 6) is -0.783. The number of Topliss-reactive ketones (excluding diaryl/α,β-unsaturated/α-hetero) is 2. The van der Waals surface area contributed by atoms with Gasteiger partial charge in [-0.15, -0.1) is 23.5 Å². The molecule has 0 spiro atoms. The summed E-state index contributed by atoms with van der Waals surface area (Å²) in [7, 11) is 0. The molecule has 0 radical (unpaired) electrons. The van der Waals surface area contributed by atoms with Crippen molar-refractivity contribution in [2.45, 2.75) is 38.2 Å².